The molecule has 0 bridgehead atoms. The fourth-order valence-corrected chi connectivity index (χ4v) is 3.08. The van der Waals surface area contributed by atoms with Crippen LogP contribution in [0.25, 0.3) is 0 Å². The lowest BCUT2D eigenvalue weighted by molar-refractivity contribution is -0.674. The highest BCUT2D eigenvalue weighted by molar-refractivity contribution is 6.21. The number of amides is 2. The molecule has 1 aliphatic heterocycles. The molecule has 1 fully saturated rings. The standard InChI is InChI=1S/C20H22N2O3/c1-14-6-8-16(9-7-14)22-19(23)13-18(20(22)24)21-11-10-15-4-3-5-17(12-15)25-2/h3-9,12,18,21H,10-11,13H2,1-2H3/p+1. The first-order valence-corrected chi connectivity index (χ1v) is 8.48. The highest BCUT2D eigenvalue weighted by Gasteiger charge is 2.41. The molecular formula is C20H23N2O3+. The van der Waals surface area contributed by atoms with Gasteiger partial charge in [-0.05, 0) is 36.8 Å². The Hall–Kier alpha value is -2.66. The van der Waals surface area contributed by atoms with Crippen molar-refractivity contribution in [2.45, 2.75) is 25.8 Å². The van der Waals surface area contributed by atoms with Gasteiger partial charge >= 0.3 is 0 Å². The van der Waals surface area contributed by atoms with Gasteiger partial charge in [-0.3, -0.25) is 9.59 Å². The first kappa shape index (κ1) is 17.2. The maximum atomic E-state index is 12.6. The van der Waals surface area contributed by atoms with E-state index in [4.69, 9.17) is 4.74 Å². The number of hydrogen-bond acceptors (Lipinski definition) is 3. The number of methoxy groups -OCH3 is 1. The van der Waals surface area contributed by atoms with Gasteiger partial charge < -0.3 is 10.1 Å². The second kappa shape index (κ2) is 7.49. The third kappa shape index (κ3) is 3.88. The summed E-state index contributed by atoms with van der Waals surface area (Å²) in [4.78, 5) is 26.2. The molecule has 1 atom stereocenters. The number of imide groups is 1. The molecule has 25 heavy (non-hydrogen) atoms. The van der Waals surface area contributed by atoms with Gasteiger partial charge in [0.15, 0.2) is 6.04 Å². The van der Waals surface area contributed by atoms with Crippen molar-refractivity contribution >= 4 is 17.5 Å². The minimum Gasteiger partial charge on any atom is -0.497 e. The second-order valence-corrected chi connectivity index (χ2v) is 6.34. The van der Waals surface area contributed by atoms with Crippen LogP contribution in [-0.2, 0) is 16.0 Å². The Bertz CT molecular complexity index is 771. The molecule has 5 nitrogen and oxygen atoms in total. The van der Waals surface area contributed by atoms with Gasteiger partial charge in [0.05, 0.1) is 25.8 Å². The van der Waals surface area contributed by atoms with Gasteiger partial charge in [0.1, 0.15) is 5.75 Å². The number of quaternary nitrogens is 1. The van der Waals surface area contributed by atoms with E-state index in [0.717, 1.165) is 29.8 Å². The summed E-state index contributed by atoms with van der Waals surface area (Å²) in [6, 6.07) is 15.0. The Morgan fingerprint density at radius 2 is 1.92 bits per heavy atom. The molecule has 2 aromatic rings. The van der Waals surface area contributed by atoms with Crippen molar-refractivity contribution in [2.24, 2.45) is 0 Å². The molecule has 1 unspecified atom stereocenters. The van der Waals surface area contributed by atoms with Crippen LogP contribution in [0.4, 0.5) is 5.69 Å². The van der Waals surface area contributed by atoms with Crippen LogP contribution in [0.5, 0.6) is 5.75 Å². The molecule has 1 heterocycles. The molecule has 130 valence electrons. The molecule has 5 heteroatoms. The van der Waals surface area contributed by atoms with Crippen LogP contribution in [0.2, 0.25) is 0 Å². The normalized spacial score (nSPS) is 17.2. The number of aryl methyl sites for hydroxylation is 1. The summed E-state index contributed by atoms with van der Waals surface area (Å²) in [6.07, 6.45) is 1.07. The largest absolute Gasteiger partial charge is 0.497 e. The minimum absolute atomic E-state index is 0.125. The van der Waals surface area contributed by atoms with E-state index in [1.54, 1.807) is 7.11 Å². The zero-order valence-electron chi connectivity index (χ0n) is 14.6. The summed E-state index contributed by atoms with van der Waals surface area (Å²) in [6.45, 7) is 2.73. The van der Waals surface area contributed by atoms with E-state index in [2.05, 4.69) is 0 Å². The van der Waals surface area contributed by atoms with E-state index < -0.39 is 0 Å². The number of carbonyl (C=O) groups excluding carboxylic acids is 2. The van der Waals surface area contributed by atoms with Crippen molar-refractivity contribution in [2.75, 3.05) is 18.6 Å². The van der Waals surface area contributed by atoms with Gasteiger partial charge in [-0.25, -0.2) is 4.90 Å². The summed E-state index contributed by atoms with van der Waals surface area (Å²) in [5.74, 6) is 0.575. The maximum absolute atomic E-state index is 12.6. The van der Waals surface area contributed by atoms with E-state index in [9.17, 15) is 9.59 Å². The Balaban J connectivity index is 1.59. The highest BCUT2D eigenvalue weighted by Crippen LogP contribution is 2.22. The van der Waals surface area contributed by atoms with Crippen LogP contribution in [0, 0.1) is 6.92 Å². The van der Waals surface area contributed by atoms with Crippen molar-refractivity contribution in [3.8, 4) is 5.75 Å². The average Bonchev–Trinajstić information content (AvgIpc) is 2.90. The van der Waals surface area contributed by atoms with Crippen molar-refractivity contribution in [1.29, 1.82) is 0 Å². The molecule has 0 aliphatic carbocycles. The fraction of sp³-hybridized carbons (Fsp3) is 0.300. The predicted molar refractivity (Wildman–Crippen MR) is 95.6 cm³/mol. The van der Waals surface area contributed by atoms with Gasteiger partial charge in [0, 0.05) is 6.42 Å². The first-order chi connectivity index (χ1) is 12.1. The van der Waals surface area contributed by atoms with E-state index >= 15 is 0 Å². The third-order valence-electron chi connectivity index (χ3n) is 4.49. The van der Waals surface area contributed by atoms with E-state index in [-0.39, 0.29) is 24.3 Å². The predicted octanol–water partition coefficient (Wildman–Crippen LogP) is 1.44. The van der Waals surface area contributed by atoms with Crippen LogP contribution < -0.4 is 15.0 Å². The number of rotatable bonds is 6. The maximum Gasteiger partial charge on any atom is 0.292 e. The molecule has 0 saturated carbocycles. The van der Waals surface area contributed by atoms with E-state index in [1.165, 1.54) is 4.90 Å². The lowest BCUT2D eigenvalue weighted by Crippen LogP contribution is -2.92. The van der Waals surface area contributed by atoms with Crippen LogP contribution >= 0.6 is 0 Å². The summed E-state index contributed by atoms with van der Waals surface area (Å²) >= 11 is 0. The Kier molecular flexibility index (Phi) is 5.14. The molecule has 2 aromatic carbocycles. The molecule has 0 radical (unpaired) electrons. The quantitative estimate of drug-likeness (QED) is 0.810. The summed E-state index contributed by atoms with van der Waals surface area (Å²) in [7, 11) is 1.65. The van der Waals surface area contributed by atoms with Crippen LogP contribution in [0.15, 0.2) is 48.5 Å². The Morgan fingerprint density at radius 3 is 2.64 bits per heavy atom. The van der Waals surface area contributed by atoms with Gasteiger partial charge in [0.25, 0.3) is 5.91 Å². The monoisotopic (exact) mass is 339 g/mol. The second-order valence-electron chi connectivity index (χ2n) is 6.34. The number of nitrogens with two attached hydrogens (primary N) is 1. The molecule has 3 rings (SSSR count). The number of carbonyl (C=O) groups is 2. The Morgan fingerprint density at radius 1 is 1.16 bits per heavy atom. The lowest BCUT2D eigenvalue weighted by Gasteiger charge is -2.14. The summed E-state index contributed by atoms with van der Waals surface area (Å²) < 4.78 is 5.22. The Labute approximate surface area is 147 Å². The number of nitrogens with zero attached hydrogens (tertiary/aromatic N) is 1. The summed E-state index contributed by atoms with van der Waals surface area (Å²) in [5.41, 5.74) is 2.91. The van der Waals surface area contributed by atoms with Gasteiger partial charge in [-0.2, -0.15) is 0 Å². The van der Waals surface area contributed by atoms with Crippen molar-refractivity contribution < 1.29 is 19.6 Å². The minimum atomic E-state index is -0.334. The van der Waals surface area contributed by atoms with Crippen molar-refractivity contribution in [1.82, 2.24) is 0 Å². The van der Waals surface area contributed by atoms with E-state index in [0.29, 0.717) is 5.69 Å². The average molecular weight is 339 g/mol. The number of ether oxygens (including phenoxy) is 1. The number of hydrogen-bond donors (Lipinski definition) is 1. The summed E-state index contributed by atoms with van der Waals surface area (Å²) in [5, 5.41) is 1.97. The molecule has 0 aromatic heterocycles. The van der Waals surface area contributed by atoms with Crippen LogP contribution in [0.3, 0.4) is 0 Å². The smallest absolute Gasteiger partial charge is 0.292 e. The fourth-order valence-electron chi connectivity index (χ4n) is 3.08. The SMILES string of the molecule is COc1cccc(CC[NH2+]C2CC(=O)N(c3ccc(C)cc3)C2=O)c1. The molecule has 2 amide bonds. The van der Waals surface area contributed by atoms with Crippen molar-refractivity contribution in [3.05, 3.63) is 59.7 Å². The molecule has 2 N–H and O–H groups in total. The van der Waals surface area contributed by atoms with Crippen LogP contribution in [-0.4, -0.2) is 31.5 Å². The molecular weight excluding hydrogens is 316 g/mol. The van der Waals surface area contributed by atoms with Crippen molar-refractivity contribution in [3.63, 3.8) is 0 Å². The van der Waals surface area contributed by atoms with Crippen LogP contribution in [0.1, 0.15) is 17.5 Å². The highest BCUT2D eigenvalue weighted by atomic mass is 16.5. The zero-order chi connectivity index (χ0) is 17.8. The number of benzene rings is 2. The molecule has 1 aliphatic rings. The number of anilines is 1. The van der Waals surface area contributed by atoms with Gasteiger partial charge in [-0.1, -0.05) is 29.8 Å². The third-order valence-corrected chi connectivity index (χ3v) is 4.49. The van der Waals surface area contributed by atoms with Gasteiger partial charge in [-0.15, -0.1) is 0 Å². The first-order valence-electron chi connectivity index (χ1n) is 8.48. The molecule has 1 saturated heterocycles. The van der Waals surface area contributed by atoms with Gasteiger partial charge in [0.2, 0.25) is 5.91 Å². The van der Waals surface area contributed by atoms with E-state index in [1.807, 2.05) is 60.8 Å². The lowest BCUT2D eigenvalue weighted by atomic mass is 10.1. The molecule has 0 spiro atoms. The zero-order valence-corrected chi connectivity index (χ0v) is 14.6. The topological polar surface area (TPSA) is 63.2 Å².